The molecule has 0 spiro atoms. The summed E-state index contributed by atoms with van der Waals surface area (Å²) in [6, 6.07) is 1.36. The van der Waals surface area contributed by atoms with E-state index in [1.807, 2.05) is 17.7 Å². The lowest BCUT2D eigenvalue weighted by Crippen LogP contribution is -2.51. The number of hydrogen-bond acceptors (Lipinski definition) is 4. The summed E-state index contributed by atoms with van der Waals surface area (Å²) in [5.41, 5.74) is 0.866. The zero-order valence-corrected chi connectivity index (χ0v) is 16.0. The number of carbonyl (C=O) groups excluding carboxylic acids is 2. The molecule has 0 radical (unpaired) electrons. The number of anilines is 1. The van der Waals surface area contributed by atoms with Crippen molar-refractivity contribution in [1.29, 1.82) is 0 Å². The molecule has 0 aromatic carbocycles. The Balaban J connectivity index is 1.49. The van der Waals surface area contributed by atoms with Gasteiger partial charge < -0.3 is 10.2 Å². The van der Waals surface area contributed by atoms with Gasteiger partial charge in [-0.15, -0.1) is 0 Å². The Bertz CT molecular complexity index is 634. The third kappa shape index (κ3) is 4.44. The second kappa shape index (κ2) is 8.66. The molecule has 2 aliphatic heterocycles. The number of aromatic nitrogens is 2. The average Bonchev–Trinajstić information content (AvgIpc) is 2.82. The maximum absolute atomic E-state index is 12.6. The number of hydrogen-bond donors (Lipinski definition) is 1. The fourth-order valence-corrected chi connectivity index (χ4v) is 3.89. The van der Waals surface area contributed by atoms with Crippen molar-refractivity contribution in [2.45, 2.75) is 65.0 Å². The van der Waals surface area contributed by atoms with Crippen LogP contribution in [0.2, 0.25) is 0 Å². The van der Waals surface area contributed by atoms with Crippen molar-refractivity contribution < 1.29 is 9.59 Å². The molecule has 1 aromatic rings. The van der Waals surface area contributed by atoms with Gasteiger partial charge in [0.1, 0.15) is 11.9 Å². The number of likely N-dealkylation sites (tertiary alicyclic amines) is 1. The van der Waals surface area contributed by atoms with Crippen molar-refractivity contribution in [3.63, 3.8) is 0 Å². The number of aryl methyl sites for hydroxylation is 2. The fourth-order valence-electron chi connectivity index (χ4n) is 3.89. The van der Waals surface area contributed by atoms with E-state index in [1.165, 1.54) is 38.8 Å². The Morgan fingerprint density at radius 2 is 1.96 bits per heavy atom. The van der Waals surface area contributed by atoms with E-state index >= 15 is 0 Å². The molecule has 1 fully saturated rings. The predicted molar refractivity (Wildman–Crippen MR) is 101 cm³/mol. The SMILES string of the molecule is Cc1cc2n(n1)CCC(=O)N2C(C)C(=O)NCCCN1CCCCCC1. The van der Waals surface area contributed by atoms with Crippen molar-refractivity contribution in [3.05, 3.63) is 11.8 Å². The van der Waals surface area contributed by atoms with Crippen LogP contribution in [0.3, 0.4) is 0 Å². The van der Waals surface area contributed by atoms with E-state index in [9.17, 15) is 9.59 Å². The van der Waals surface area contributed by atoms with Crippen LogP contribution in [0.25, 0.3) is 0 Å². The molecule has 1 N–H and O–H groups in total. The van der Waals surface area contributed by atoms with Crippen LogP contribution in [-0.2, 0) is 16.1 Å². The summed E-state index contributed by atoms with van der Waals surface area (Å²) in [7, 11) is 0. The van der Waals surface area contributed by atoms with Gasteiger partial charge in [-0.05, 0) is 52.7 Å². The summed E-state index contributed by atoms with van der Waals surface area (Å²) in [6.45, 7) is 8.32. The van der Waals surface area contributed by atoms with Gasteiger partial charge in [-0.1, -0.05) is 12.8 Å². The van der Waals surface area contributed by atoms with Crippen LogP contribution in [0.1, 0.15) is 51.1 Å². The average molecular weight is 361 g/mol. The Morgan fingerprint density at radius 3 is 2.69 bits per heavy atom. The van der Waals surface area contributed by atoms with Gasteiger partial charge in [0.05, 0.1) is 12.2 Å². The fraction of sp³-hybridized carbons (Fsp3) is 0.737. The molecule has 2 aliphatic rings. The molecule has 0 aliphatic carbocycles. The first kappa shape index (κ1) is 18.9. The lowest BCUT2D eigenvalue weighted by molar-refractivity contribution is -0.126. The van der Waals surface area contributed by atoms with Crippen LogP contribution in [0.4, 0.5) is 5.82 Å². The van der Waals surface area contributed by atoms with Crippen molar-refractivity contribution in [3.8, 4) is 0 Å². The predicted octanol–water partition coefficient (Wildman–Crippen LogP) is 1.70. The molecule has 1 aromatic heterocycles. The maximum Gasteiger partial charge on any atom is 0.242 e. The quantitative estimate of drug-likeness (QED) is 0.783. The lowest BCUT2D eigenvalue weighted by atomic mass is 10.2. The van der Waals surface area contributed by atoms with Crippen molar-refractivity contribution >= 4 is 17.6 Å². The molecule has 3 heterocycles. The third-order valence-corrected chi connectivity index (χ3v) is 5.35. The first-order chi connectivity index (χ1) is 12.6. The normalized spacial score (nSPS) is 19.8. The summed E-state index contributed by atoms with van der Waals surface area (Å²) in [5, 5.41) is 7.40. The van der Waals surface area contributed by atoms with Gasteiger partial charge in [-0.25, -0.2) is 4.68 Å². The van der Waals surface area contributed by atoms with Crippen molar-refractivity contribution in [2.75, 3.05) is 31.1 Å². The van der Waals surface area contributed by atoms with Crippen LogP contribution in [0.15, 0.2) is 6.07 Å². The van der Waals surface area contributed by atoms with Gasteiger partial charge >= 0.3 is 0 Å². The molecule has 0 bridgehead atoms. The van der Waals surface area contributed by atoms with Gasteiger partial charge in [0.2, 0.25) is 11.8 Å². The maximum atomic E-state index is 12.6. The minimum atomic E-state index is -0.518. The van der Waals surface area contributed by atoms with E-state index in [0.717, 1.165) is 24.5 Å². The van der Waals surface area contributed by atoms with E-state index in [2.05, 4.69) is 15.3 Å². The first-order valence-corrected chi connectivity index (χ1v) is 9.93. The highest BCUT2D eigenvalue weighted by atomic mass is 16.2. The zero-order valence-electron chi connectivity index (χ0n) is 16.0. The van der Waals surface area contributed by atoms with Crippen LogP contribution in [0, 0.1) is 6.92 Å². The van der Waals surface area contributed by atoms with E-state index in [0.29, 0.717) is 19.5 Å². The zero-order chi connectivity index (χ0) is 18.5. The standard InChI is InChI=1S/C19H31N5O2/c1-15-14-17-23(21-15)13-8-18(25)24(17)16(2)19(26)20-9-7-12-22-10-5-3-4-6-11-22/h14,16H,3-13H2,1-2H3,(H,20,26). The van der Waals surface area contributed by atoms with Gasteiger partial charge in [-0.3, -0.25) is 14.5 Å². The minimum Gasteiger partial charge on any atom is -0.354 e. The highest BCUT2D eigenvalue weighted by molar-refractivity contribution is 6.00. The molecule has 3 rings (SSSR count). The largest absolute Gasteiger partial charge is 0.354 e. The Kier molecular flexibility index (Phi) is 6.29. The number of carbonyl (C=O) groups is 2. The second-order valence-electron chi connectivity index (χ2n) is 7.46. The van der Waals surface area contributed by atoms with Crippen LogP contribution in [-0.4, -0.2) is 58.7 Å². The van der Waals surface area contributed by atoms with Crippen LogP contribution >= 0.6 is 0 Å². The molecule has 7 heteroatoms. The van der Waals surface area contributed by atoms with E-state index < -0.39 is 6.04 Å². The third-order valence-electron chi connectivity index (χ3n) is 5.35. The molecule has 26 heavy (non-hydrogen) atoms. The Morgan fingerprint density at radius 1 is 1.23 bits per heavy atom. The monoisotopic (exact) mass is 361 g/mol. The van der Waals surface area contributed by atoms with E-state index in [4.69, 9.17) is 0 Å². The molecule has 1 saturated heterocycles. The van der Waals surface area contributed by atoms with Gasteiger partial charge in [0.25, 0.3) is 0 Å². The molecule has 1 atom stereocenters. The summed E-state index contributed by atoms with van der Waals surface area (Å²) in [4.78, 5) is 29.0. The Labute approximate surface area is 155 Å². The molecule has 0 saturated carbocycles. The number of nitrogens with zero attached hydrogens (tertiary/aromatic N) is 4. The van der Waals surface area contributed by atoms with Gasteiger partial charge in [-0.2, -0.15) is 5.10 Å². The molecular formula is C19H31N5O2. The number of nitrogens with one attached hydrogen (secondary N) is 1. The summed E-state index contributed by atoms with van der Waals surface area (Å²) >= 11 is 0. The van der Waals surface area contributed by atoms with E-state index in [-0.39, 0.29) is 11.8 Å². The smallest absolute Gasteiger partial charge is 0.242 e. The van der Waals surface area contributed by atoms with Crippen LogP contribution < -0.4 is 10.2 Å². The molecular weight excluding hydrogens is 330 g/mol. The van der Waals surface area contributed by atoms with Gasteiger partial charge in [0.15, 0.2) is 0 Å². The molecule has 7 nitrogen and oxygen atoms in total. The molecule has 144 valence electrons. The molecule has 1 unspecified atom stereocenters. The topological polar surface area (TPSA) is 70.5 Å². The Hall–Kier alpha value is -1.89. The number of amides is 2. The summed E-state index contributed by atoms with van der Waals surface area (Å²) in [6.07, 6.45) is 6.58. The lowest BCUT2D eigenvalue weighted by Gasteiger charge is -2.32. The summed E-state index contributed by atoms with van der Waals surface area (Å²) in [5.74, 6) is 0.622. The van der Waals surface area contributed by atoms with Crippen LogP contribution in [0.5, 0.6) is 0 Å². The van der Waals surface area contributed by atoms with Crippen molar-refractivity contribution in [1.82, 2.24) is 20.0 Å². The summed E-state index contributed by atoms with van der Waals surface area (Å²) < 4.78 is 1.82. The molecule has 2 amide bonds. The highest BCUT2D eigenvalue weighted by Gasteiger charge is 2.32. The van der Waals surface area contributed by atoms with E-state index in [1.54, 1.807) is 11.8 Å². The van der Waals surface area contributed by atoms with Crippen molar-refractivity contribution in [2.24, 2.45) is 0 Å². The minimum absolute atomic E-state index is 0.00961. The van der Waals surface area contributed by atoms with Gasteiger partial charge in [0, 0.05) is 19.0 Å². The number of fused-ring (bicyclic) bond motifs is 1. The first-order valence-electron chi connectivity index (χ1n) is 9.93. The highest BCUT2D eigenvalue weighted by Crippen LogP contribution is 2.24. The number of rotatable bonds is 6. The second-order valence-corrected chi connectivity index (χ2v) is 7.46.